The second-order valence-corrected chi connectivity index (χ2v) is 4.66. The van der Waals surface area contributed by atoms with Crippen molar-refractivity contribution in [2.45, 2.75) is 6.42 Å². The molecule has 88 valence electrons. The van der Waals surface area contributed by atoms with Gasteiger partial charge in [0.1, 0.15) is 17.5 Å². The first-order chi connectivity index (χ1) is 8.08. The molecule has 0 atom stereocenters. The van der Waals surface area contributed by atoms with Crippen molar-refractivity contribution in [3.8, 4) is 0 Å². The van der Waals surface area contributed by atoms with Crippen LogP contribution in [0.4, 0.5) is 10.2 Å². The molecule has 2 N–H and O–H groups in total. The Morgan fingerprint density at radius 2 is 2.18 bits per heavy atom. The molecular weight excluding hydrogens is 308 g/mol. The second-order valence-electron chi connectivity index (χ2n) is 3.40. The van der Waals surface area contributed by atoms with E-state index in [1.54, 1.807) is 12.1 Å². The summed E-state index contributed by atoms with van der Waals surface area (Å²) in [5.41, 5.74) is 6.00. The molecule has 0 fully saturated rings. The zero-order chi connectivity index (χ0) is 12.4. The molecule has 6 heteroatoms. The number of rotatable bonds is 2. The lowest BCUT2D eigenvalue weighted by Crippen LogP contribution is -2.02. The van der Waals surface area contributed by atoms with Gasteiger partial charge in [-0.25, -0.2) is 14.4 Å². The predicted molar refractivity (Wildman–Crippen MR) is 68.4 cm³/mol. The van der Waals surface area contributed by atoms with Gasteiger partial charge >= 0.3 is 0 Å². The first kappa shape index (κ1) is 12.3. The summed E-state index contributed by atoms with van der Waals surface area (Å²) < 4.78 is 14.1. The Morgan fingerprint density at radius 1 is 1.41 bits per heavy atom. The maximum Gasteiger partial charge on any atom is 0.141 e. The molecule has 1 aromatic heterocycles. The van der Waals surface area contributed by atoms with Crippen molar-refractivity contribution >= 4 is 33.3 Å². The maximum absolute atomic E-state index is 13.5. The quantitative estimate of drug-likeness (QED) is 0.925. The molecule has 0 aliphatic rings. The molecule has 0 amide bonds. The lowest BCUT2D eigenvalue weighted by Gasteiger charge is -2.05. The number of nitrogens with zero attached hydrogens (tertiary/aromatic N) is 2. The first-order valence-electron chi connectivity index (χ1n) is 4.77. The van der Waals surface area contributed by atoms with Gasteiger partial charge in [0.2, 0.25) is 0 Å². The van der Waals surface area contributed by atoms with E-state index in [1.165, 1.54) is 12.3 Å². The molecule has 0 spiro atoms. The highest BCUT2D eigenvalue weighted by Gasteiger charge is 2.10. The number of nitrogens with two attached hydrogens (primary N) is 1. The van der Waals surface area contributed by atoms with Gasteiger partial charge in [-0.2, -0.15) is 0 Å². The molecule has 0 aliphatic heterocycles. The number of aromatic nitrogens is 2. The van der Waals surface area contributed by atoms with Crippen LogP contribution in [0, 0.1) is 5.82 Å². The summed E-state index contributed by atoms with van der Waals surface area (Å²) in [6.07, 6.45) is 1.75. The van der Waals surface area contributed by atoms with Crippen molar-refractivity contribution in [3.63, 3.8) is 0 Å². The van der Waals surface area contributed by atoms with Gasteiger partial charge in [0.15, 0.2) is 0 Å². The summed E-state index contributed by atoms with van der Waals surface area (Å²) in [5, 5.41) is 0.357. The first-order valence-corrected chi connectivity index (χ1v) is 5.95. The average Bonchev–Trinajstić information content (AvgIpc) is 2.28. The van der Waals surface area contributed by atoms with E-state index in [4.69, 9.17) is 17.3 Å². The topological polar surface area (TPSA) is 51.8 Å². The number of hydrogen-bond acceptors (Lipinski definition) is 3. The SMILES string of the molecule is Nc1nc(Cc2c(F)cccc2Cl)ncc1Br. The molecular formula is C11H8BrClFN3. The van der Waals surface area contributed by atoms with E-state index < -0.39 is 0 Å². The summed E-state index contributed by atoms with van der Waals surface area (Å²) in [6.45, 7) is 0. The summed E-state index contributed by atoms with van der Waals surface area (Å²) in [4.78, 5) is 8.10. The zero-order valence-electron chi connectivity index (χ0n) is 8.62. The largest absolute Gasteiger partial charge is 0.383 e. The van der Waals surface area contributed by atoms with Crippen LogP contribution in [0.5, 0.6) is 0 Å². The molecule has 1 heterocycles. The van der Waals surface area contributed by atoms with E-state index in [0.717, 1.165) is 0 Å². The van der Waals surface area contributed by atoms with Crippen molar-refractivity contribution in [2.75, 3.05) is 5.73 Å². The fourth-order valence-electron chi connectivity index (χ4n) is 1.36. The van der Waals surface area contributed by atoms with Crippen LogP contribution >= 0.6 is 27.5 Å². The maximum atomic E-state index is 13.5. The number of halogens is 3. The van der Waals surface area contributed by atoms with Crippen LogP contribution in [0.3, 0.4) is 0 Å². The van der Waals surface area contributed by atoms with Gasteiger partial charge in [0.05, 0.1) is 4.47 Å². The molecule has 0 radical (unpaired) electrons. The van der Waals surface area contributed by atoms with Crippen LogP contribution in [0.1, 0.15) is 11.4 Å². The van der Waals surface area contributed by atoms with Crippen molar-refractivity contribution in [2.24, 2.45) is 0 Å². The van der Waals surface area contributed by atoms with Gasteiger partial charge < -0.3 is 5.73 Å². The standard InChI is InChI=1S/C11H8BrClFN3/c12-7-5-16-10(17-11(7)15)4-6-8(13)2-1-3-9(6)14/h1-3,5H,4H2,(H2,15,16,17). The number of nitrogen functional groups attached to an aromatic ring is 1. The number of anilines is 1. The highest BCUT2D eigenvalue weighted by atomic mass is 79.9. The Kier molecular flexibility index (Phi) is 3.59. The van der Waals surface area contributed by atoms with Crippen molar-refractivity contribution in [1.82, 2.24) is 9.97 Å². The van der Waals surface area contributed by atoms with E-state index in [-0.39, 0.29) is 12.2 Å². The average molecular weight is 317 g/mol. The van der Waals surface area contributed by atoms with E-state index in [2.05, 4.69) is 25.9 Å². The molecule has 17 heavy (non-hydrogen) atoms. The third-order valence-corrected chi connectivity index (χ3v) is 3.18. The minimum Gasteiger partial charge on any atom is -0.383 e. The monoisotopic (exact) mass is 315 g/mol. The Morgan fingerprint density at radius 3 is 2.82 bits per heavy atom. The second kappa shape index (κ2) is 4.98. The fraction of sp³-hybridized carbons (Fsp3) is 0.0909. The molecule has 0 unspecified atom stereocenters. The van der Waals surface area contributed by atoms with Crippen LogP contribution in [0.2, 0.25) is 5.02 Å². The number of hydrogen-bond donors (Lipinski definition) is 1. The van der Waals surface area contributed by atoms with Gasteiger partial charge in [-0.15, -0.1) is 0 Å². The molecule has 1 aromatic carbocycles. The summed E-state index contributed by atoms with van der Waals surface area (Å²) in [6, 6.07) is 4.53. The molecule has 0 saturated carbocycles. The van der Waals surface area contributed by atoms with Crippen LogP contribution in [-0.2, 0) is 6.42 Å². The van der Waals surface area contributed by atoms with Gasteiger partial charge in [-0.1, -0.05) is 17.7 Å². The third kappa shape index (κ3) is 2.73. The normalized spacial score (nSPS) is 10.5. The number of benzene rings is 1. The summed E-state index contributed by atoms with van der Waals surface area (Å²) in [5.74, 6) is 0.378. The van der Waals surface area contributed by atoms with Gasteiger partial charge in [0, 0.05) is 23.2 Å². The Labute approximate surface area is 111 Å². The van der Waals surface area contributed by atoms with Gasteiger partial charge in [0.25, 0.3) is 0 Å². The van der Waals surface area contributed by atoms with E-state index in [0.29, 0.717) is 26.7 Å². The zero-order valence-corrected chi connectivity index (χ0v) is 11.0. The molecule has 0 aliphatic carbocycles. The fourth-order valence-corrected chi connectivity index (χ4v) is 1.78. The Bertz CT molecular complexity index is 542. The minimum atomic E-state index is -0.373. The molecule has 0 bridgehead atoms. The van der Waals surface area contributed by atoms with Crippen LogP contribution < -0.4 is 5.73 Å². The lowest BCUT2D eigenvalue weighted by molar-refractivity contribution is 0.612. The van der Waals surface area contributed by atoms with Crippen LogP contribution in [-0.4, -0.2) is 9.97 Å². The predicted octanol–water partition coefficient (Wildman–Crippen LogP) is 3.20. The van der Waals surface area contributed by atoms with Crippen molar-refractivity contribution < 1.29 is 4.39 Å². The van der Waals surface area contributed by atoms with E-state index >= 15 is 0 Å². The van der Waals surface area contributed by atoms with Crippen molar-refractivity contribution in [1.29, 1.82) is 0 Å². The molecule has 0 saturated heterocycles. The van der Waals surface area contributed by atoms with Crippen molar-refractivity contribution in [3.05, 3.63) is 51.1 Å². The van der Waals surface area contributed by atoms with Crippen LogP contribution in [0.25, 0.3) is 0 Å². The lowest BCUT2D eigenvalue weighted by atomic mass is 10.1. The highest BCUT2D eigenvalue weighted by Crippen LogP contribution is 2.22. The van der Waals surface area contributed by atoms with Gasteiger partial charge in [-0.05, 0) is 28.1 Å². The minimum absolute atomic E-state index is 0.211. The smallest absolute Gasteiger partial charge is 0.141 e. The molecule has 2 aromatic rings. The van der Waals surface area contributed by atoms with E-state index in [9.17, 15) is 4.39 Å². The van der Waals surface area contributed by atoms with Gasteiger partial charge in [-0.3, -0.25) is 0 Å². The van der Waals surface area contributed by atoms with E-state index in [1.807, 2.05) is 0 Å². The van der Waals surface area contributed by atoms with Crippen LogP contribution in [0.15, 0.2) is 28.9 Å². The summed E-state index contributed by atoms with van der Waals surface area (Å²) >= 11 is 9.11. The highest BCUT2D eigenvalue weighted by molar-refractivity contribution is 9.10. The molecule has 2 rings (SSSR count). The Hall–Kier alpha value is -1.20. The molecule has 3 nitrogen and oxygen atoms in total. The summed E-state index contributed by atoms with van der Waals surface area (Å²) in [7, 11) is 0. The third-order valence-electron chi connectivity index (χ3n) is 2.22. The Balaban J connectivity index is 2.35.